The maximum atomic E-state index is 6.45. The number of hydrogen-bond donors (Lipinski definition) is 0. The lowest BCUT2D eigenvalue weighted by Crippen LogP contribution is -2.15. The van der Waals surface area contributed by atoms with E-state index in [1.807, 2.05) is 0 Å². The van der Waals surface area contributed by atoms with E-state index in [2.05, 4.69) is 90.1 Å². The zero-order valence-corrected chi connectivity index (χ0v) is 16.0. The molecule has 3 aromatic carbocycles. The molecule has 1 heteroatoms. The van der Waals surface area contributed by atoms with E-state index in [9.17, 15) is 0 Å². The van der Waals surface area contributed by atoms with Crippen molar-refractivity contribution in [3.05, 3.63) is 59.7 Å². The summed E-state index contributed by atoms with van der Waals surface area (Å²) in [6.07, 6.45) is 0. The highest BCUT2D eigenvalue weighted by atomic mass is 16.3. The van der Waals surface area contributed by atoms with Crippen LogP contribution in [0.25, 0.3) is 32.7 Å². The summed E-state index contributed by atoms with van der Waals surface area (Å²) in [7, 11) is 0. The summed E-state index contributed by atoms with van der Waals surface area (Å²) in [6.45, 7) is 13.6. The van der Waals surface area contributed by atoms with Crippen molar-refractivity contribution >= 4 is 32.7 Å². The second kappa shape index (κ2) is 5.11. The lowest BCUT2D eigenvalue weighted by Gasteiger charge is -2.24. The molecule has 0 unspecified atom stereocenters. The molecule has 4 rings (SSSR count). The lowest BCUT2D eigenvalue weighted by atomic mass is 9.79. The first-order chi connectivity index (χ1) is 11.7. The summed E-state index contributed by atoms with van der Waals surface area (Å²) in [5.74, 6) is 0. The second-order valence-electron chi connectivity index (χ2n) is 9.13. The van der Waals surface area contributed by atoms with E-state index in [1.165, 1.54) is 32.7 Å². The molecule has 0 fully saturated rings. The van der Waals surface area contributed by atoms with Gasteiger partial charge in [0, 0.05) is 16.3 Å². The fourth-order valence-electron chi connectivity index (χ4n) is 3.86. The molecule has 0 aliphatic rings. The van der Waals surface area contributed by atoms with Crippen molar-refractivity contribution in [1.29, 1.82) is 0 Å². The van der Waals surface area contributed by atoms with Gasteiger partial charge in [0.05, 0.1) is 0 Å². The van der Waals surface area contributed by atoms with Crippen molar-refractivity contribution < 1.29 is 4.42 Å². The third-order valence-electron chi connectivity index (χ3n) is 5.13. The lowest BCUT2D eigenvalue weighted by molar-refractivity contribution is 0.566. The van der Waals surface area contributed by atoms with E-state index < -0.39 is 0 Å². The average Bonchev–Trinajstić information content (AvgIpc) is 2.91. The van der Waals surface area contributed by atoms with E-state index in [0.717, 1.165) is 11.2 Å². The van der Waals surface area contributed by atoms with Crippen LogP contribution in [0.4, 0.5) is 0 Å². The smallest absolute Gasteiger partial charge is 0.139 e. The van der Waals surface area contributed by atoms with Crippen LogP contribution in [0.3, 0.4) is 0 Å². The molecule has 0 saturated carbocycles. The Kier molecular flexibility index (Phi) is 3.31. The van der Waals surface area contributed by atoms with E-state index in [4.69, 9.17) is 4.42 Å². The topological polar surface area (TPSA) is 13.1 Å². The number of benzene rings is 3. The van der Waals surface area contributed by atoms with Gasteiger partial charge in [0.1, 0.15) is 11.2 Å². The molecule has 4 aromatic rings. The molecule has 1 aromatic heterocycles. The van der Waals surface area contributed by atoms with Crippen LogP contribution in [0.5, 0.6) is 0 Å². The van der Waals surface area contributed by atoms with Gasteiger partial charge in [0.25, 0.3) is 0 Å². The first-order valence-corrected chi connectivity index (χ1v) is 9.06. The van der Waals surface area contributed by atoms with Crippen LogP contribution >= 0.6 is 0 Å². The number of hydrogen-bond acceptors (Lipinski definition) is 1. The van der Waals surface area contributed by atoms with E-state index >= 15 is 0 Å². The Balaban J connectivity index is 2.31. The molecule has 0 aliphatic carbocycles. The highest BCUT2D eigenvalue weighted by Gasteiger charge is 2.27. The Hall–Kier alpha value is -2.28. The predicted molar refractivity (Wildman–Crippen MR) is 109 cm³/mol. The van der Waals surface area contributed by atoms with Gasteiger partial charge in [-0.3, -0.25) is 0 Å². The summed E-state index contributed by atoms with van der Waals surface area (Å²) >= 11 is 0. The Bertz CT molecular complexity index is 1100. The van der Waals surface area contributed by atoms with Crippen LogP contribution in [-0.2, 0) is 10.8 Å². The van der Waals surface area contributed by atoms with Crippen LogP contribution < -0.4 is 0 Å². The number of fused-ring (bicyclic) bond motifs is 5. The zero-order valence-electron chi connectivity index (χ0n) is 16.0. The van der Waals surface area contributed by atoms with Crippen molar-refractivity contribution in [1.82, 2.24) is 0 Å². The van der Waals surface area contributed by atoms with E-state index in [1.54, 1.807) is 0 Å². The van der Waals surface area contributed by atoms with Gasteiger partial charge < -0.3 is 4.42 Å². The molecule has 0 N–H and O–H groups in total. The quantitative estimate of drug-likeness (QED) is 0.329. The molecule has 0 amide bonds. The predicted octanol–water partition coefficient (Wildman–Crippen LogP) is 7.33. The van der Waals surface area contributed by atoms with Crippen molar-refractivity contribution in [3.8, 4) is 0 Å². The van der Waals surface area contributed by atoms with Gasteiger partial charge in [-0.25, -0.2) is 0 Å². The van der Waals surface area contributed by atoms with Crippen molar-refractivity contribution in [2.24, 2.45) is 0 Å². The van der Waals surface area contributed by atoms with E-state index in [-0.39, 0.29) is 10.8 Å². The zero-order chi connectivity index (χ0) is 18.0. The van der Waals surface area contributed by atoms with Crippen LogP contribution in [0, 0.1) is 0 Å². The maximum absolute atomic E-state index is 6.45. The Morgan fingerprint density at radius 3 is 1.96 bits per heavy atom. The SMILES string of the molecule is CC(C)(C)c1ccc(C(C)(C)C)c2c1oc1ccc3ccccc3c12. The molecule has 0 saturated heterocycles. The Morgan fingerprint density at radius 1 is 0.640 bits per heavy atom. The third kappa shape index (κ3) is 2.45. The highest BCUT2D eigenvalue weighted by Crippen LogP contribution is 2.43. The first kappa shape index (κ1) is 16.2. The molecular weight excluding hydrogens is 304 g/mol. The molecular formula is C24H26O. The maximum Gasteiger partial charge on any atom is 0.139 e. The number of rotatable bonds is 0. The van der Waals surface area contributed by atoms with Gasteiger partial charge in [-0.05, 0) is 33.2 Å². The minimum absolute atomic E-state index is 0.0400. The normalized spacial score (nSPS) is 13.2. The van der Waals surface area contributed by atoms with Crippen LogP contribution in [0.15, 0.2) is 52.9 Å². The van der Waals surface area contributed by atoms with Gasteiger partial charge >= 0.3 is 0 Å². The van der Waals surface area contributed by atoms with Gasteiger partial charge in [-0.15, -0.1) is 0 Å². The largest absolute Gasteiger partial charge is 0.456 e. The molecule has 0 spiro atoms. The summed E-state index contributed by atoms with van der Waals surface area (Å²) in [5, 5.41) is 5.07. The molecule has 0 atom stereocenters. The molecule has 0 aliphatic heterocycles. The molecule has 25 heavy (non-hydrogen) atoms. The summed E-state index contributed by atoms with van der Waals surface area (Å²) < 4.78 is 6.45. The van der Waals surface area contributed by atoms with Gasteiger partial charge in [-0.1, -0.05) is 84.0 Å². The summed E-state index contributed by atoms with van der Waals surface area (Å²) in [6, 6.07) is 17.4. The van der Waals surface area contributed by atoms with Crippen LogP contribution in [0.2, 0.25) is 0 Å². The van der Waals surface area contributed by atoms with Gasteiger partial charge in [0.15, 0.2) is 0 Å². The van der Waals surface area contributed by atoms with E-state index in [0.29, 0.717) is 0 Å². The monoisotopic (exact) mass is 330 g/mol. The molecule has 0 bridgehead atoms. The minimum Gasteiger partial charge on any atom is -0.456 e. The highest BCUT2D eigenvalue weighted by molar-refractivity contribution is 6.20. The first-order valence-electron chi connectivity index (χ1n) is 9.06. The van der Waals surface area contributed by atoms with Crippen LogP contribution in [-0.4, -0.2) is 0 Å². The van der Waals surface area contributed by atoms with Crippen LogP contribution in [0.1, 0.15) is 52.7 Å². The standard InChI is InChI=1S/C24H26O/c1-23(2,3)17-12-13-18(24(4,5)6)22-21(17)20-16-10-8-7-9-15(16)11-14-19(20)25-22/h7-14H,1-6H3. The summed E-state index contributed by atoms with van der Waals surface area (Å²) in [5.41, 5.74) is 4.75. The molecule has 1 nitrogen and oxygen atoms in total. The van der Waals surface area contributed by atoms with Crippen molar-refractivity contribution in [3.63, 3.8) is 0 Å². The fraction of sp³-hybridized carbons (Fsp3) is 0.333. The Morgan fingerprint density at radius 2 is 1.28 bits per heavy atom. The molecule has 128 valence electrons. The second-order valence-corrected chi connectivity index (χ2v) is 9.13. The molecule has 0 radical (unpaired) electrons. The summed E-state index contributed by atoms with van der Waals surface area (Å²) in [4.78, 5) is 0. The Labute approximate surface area is 149 Å². The minimum atomic E-state index is 0.0400. The van der Waals surface area contributed by atoms with Crippen molar-refractivity contribution in [2.75, 3.05) is 0 Å². The molecule has 1 heterocycles. The third-order valence-corrected chi connectivity index (χ3v) is 5.13. The van der Waals surface area contributed by atoms with Gasteiger partial charge in [0.2, 0.25) is 0 Å². The fourth-order valence-corrected chi connectivity index (χ4v) is 3.86. The van der Waals surface area contributed by atoms with Crippen molar-refractivity contribution in [2.45, 2.75) is 52.4 Å². The van der Waals surface area contributed by atoms with Gasteiger partial charge in [-0.2, -0.15) is 0 Å². The average molecular weight is 330 g/mol. The number of furan rings is 1.